The third kappa shape index (κ3) is 4.09. The summed E-state index contributed by atoms with van der Waals surface area (Å²) in [5.41, 5.74) is 4.07. The minimum absolute atomic E-state index is 0.301. The van der Waals surface area contributed by atoms with Gasteiger partial charge in [0.1, 0.15) is 17.2 Å². The van der Waals surface area contributed by atoms with Crippen LogP contribution in [0.4, 0.5) is 4.39 Å². The summed E-state index contributed by atoms with van der Waals surface area (Å²) in [6, 6.07) is 18.7. The Labute approximate surface area is 177 Å². The number of carboxylic acid groups (broad SMARTS) is 1. The lowest BCUT2D eigenvalue weighted by Crippen LogP contribution is -2.18. The zero-order chi connectivity index (χ0) is 22.0. The molecule has 1 heterocycles. The van der Waals surface area contributed by atoms with E-state index in [-0.39, 0.29) is 11.7 Å². The molecule has 0 spiro atoms. The Bertz CT molecular complexity index is 1300. The van der Waals surface area contributed by atoms with Crippen molar-refractivity contribution in [1.82, 2.24) is 5.32 Å². The molecular formula is C25H18FNO4. The standard InChI is InChI=1S/C25H18FNO4/c1-27-25(30)23-20-14-18(16-5-2-15(3-6-16)4-13-22(28)29)9-12-21(20)31-24(23)17-7-10-19(26)11-8-17/h2-14H,1H3,(H,27,30)(H,28,29). The Morgan fingerprint density at radius 2 is 1.58 bits per heavy atom. The Kier molecular flexibility index (Phi) is 5.37. The van der Waals surface area contributed by atoms with E-state index in [2.05, 4.69) is 5.32 Å². The third-order valence-electron chi connectivity index (χ3n) is 4.91. The third-order valence-corrected chi connectivity index (χ3v) is 4.91. The molecule has 4 aromatic rings. The molecule has 0 aliphatic rings. The van der Waals surface area contributed by atoms with E-state index < -0.39 is 5.97 Å². The van der Waals surface area contributed by atoms with Crippen molar-refractivity contribution in [3.63, 3.8) is 0 Å². The molecule has 6 heteroatoms. The molecule has 0 unspecified atom stereocenters. The molecule has 1 aromatic heterocycles. The van der Waals surface area contributed by atoms with Crippen molar-refractivity contribution in [3.05, 3.63) is 89.8 Å². The Morgan fingerprint density at radius 3 is 2.23 bits per heavy atom. The number of fused-ring (bicyclic) bond motifs is 1. The lowest BCUT2D eigenvalue weighted by molar-refractivity contribution is -0.131. The topological polar surface area (TPSA) is 79.5 Å². The predicted octanol–water partition coefficient (Wildman–Crippen LogP) is 5.36. The number of nitrogens with one attached hydrogen (secondary N) is 1. The second-order valence-electron chi connectivity index (χ2n) is 6.90. The smallest absolute Gasteiger partial charge is 0.328 e. The first-order valence-corrected chi connectivity index (χ1v) is 9.52. The van der Waals surface area contributed by atoms with Crippen LogP contribution in [0.2, 0.25) is 0 Å². The van der Waals surface area contributed by atoms with Gasteiger partial charge in [0, 0.05) is 24.1 Å². The molecule has 0 atom stereocenters. The Balaban J connectivity index is 1.80. The van der Waals surface area contributed by atoms with Crippen LogP contribution >= 0.6 is 0 Å². The van der Waals surface area contributed by atoms with Crippen LogP contribution < -0.4 is 5.32 Å². The van der Waals surface area contributed by atoms with E-state index in [1.165, 1.54) is 18.2 Å². The minimum atomic E-state index is -1.01. The number of rotatable bonds is 5. The van der Waals surface area contributed by atoms with Gasteiger partial charge >= 0.3 is 5.97 Å². The summed E-state index contributed by atoms with van der Waals surface area (Å²) in [6.45, 7) is 0. The molecule has 0 fully saturated rings. The number of hydrogen-bond acceptors (Lipinski definition) is 3. The van der Waals surface area contributed by atoms with Crippen LogP contribution in [0.25, 0.3) is 39.5 Å². The van der Waals surface area contributed by atoms with Gasteiger partial charge in [-0.15, -0.1) is 0 Å². The maximum atomic E-state index is 13.3. The highest BCUT2D eigenvalue weighted by Gasteiger charge is 2.22. The van der Waals surface area contributed by atoms with Gasteiger partial charge < -0.3 is 14.8 Å². The van der Waals surface area contributed by atoms with E-state index in [0.29, 0.717) is 27.9 Å². The van der Waals surface area contributed by atoms with Crippen LogP contribution in [-0.4, -0.2) is 24.0 Å². The second kappa shape index (κ2) is 8.28. The van der Waals surface area contributed by atoms with Crippen LogP contribution in [0, 0.1) is 5.82 Å². The van der Waals surface area contributed by atoms with E-state index >= 15 is 0 Å². The van der Waals surface area contributed by atoms with Crippen LogP contribution in [0.15, 0.2) is 77.2 Å². The van der Waals surface area contributed by atoms with Gasteiger partial charge in [0.05, 0.1) is 5.56 Å². The fraction of sp³-hybridized carbons (Fsp3) is 0.0400. The van der Waals surface area contributed by atoms with E-state index in [1.54, 1.807) is 25.2 Å². The van der Waals surface area contributed by atoms with E-state index in [4.69, 9.17) is 9.52 Å². The number of hydrogen-bond donors (Lipinski definition) is 2. The molecule has 0 saturated carbocycles. The van der Waals surface area contributed by atoms with Crippen LogP contribution in [0.3, 0.4) is 0 Å². The average Bonchev–Trinajstić information content (AvgIpc) is 3.16. The van der Waals surface area contributed by atoms with Gasteiger partial charge in [-0.25, -0.2) is 9.18 Å². The average molecular weight is 415 g/mol. The van der Waals surface area contributed by atoms with Crippen molar-refractivity contribution >= 4 is 28.9 Å². The van der Waals surface area contributed by atoms with Gasteiger partial charge in [0.25, 0.3) is 5.91 Å². The van der Waals surface area contributed by atoms with E-state index in [1.807, 2.05) is 36.4 Å². The number of halogens is 1. The maximum absolute atomic E-state index is 13.3. The first kappa shape index (κ1) is 20.1. The van der Waals surface area contributed by atoms with Crippen molar-refractivity contribution in [2.45, 2.75) is 0 Å². The number of carbonyl (C=O) groups is 2. The van der Waals surface area contributed by atoms with E-state index in [9.17, 15) is 14.0 Å². The molecule has 4 rings (SSSR count). The molecule has 0 saturated heterocycles. The first-order chi connectivity index (χ1) is 15.0. The van der Waals surface area contributed by atoms with Gasteiger partial charge in [0.15, 0.2) is 0 Å². The summed E-state index contributed by atoms with van der Waals surface area (Å²) >= 11 is 0. The molecule has 0 aliphatic carbocycles. The van der Waals surface area contributed by atoms with Gasteiger partial charge in [-0.1, -0.05) is 30.3 Å². The number of aliphatic carboxylic acids is 1. The Morgan fingerprint density at radius 1 is 0.935 bits per heavy atom. The molecule has 2 N–H and O–H groups in total. The van der Waals surface area contributed by atoms with Gasteiger partial charge in [-0.05, 0) is 59.2 Å². The van der Waals surface area contributed by atoms with Crippen molar-refractivity contribution in [1.29, 1.82) is 0 Å². The number of carboxylic acids is 1. The monoisotopic (exact) mass is 415 g/mol. The lowest BCUT2D eigenvalue weighted by atomic mass is 9.99. The molecule has 5 nitrogen and oxygen atoms in total. The van der Waals surface area contributed by atoms with Crippen LogP contribution in [0.5, 0.6) is 0 Å². The number of benzene rings is 3. The molecule has 31 heavy (non-hydrogen) atoms. The fourth-order valence-corrected chi connectivity index (χ4v) is 3.39. The first-order valence-electron chi connectivity index (χ1n) is 9.52. The zero-order valence-corrected chi connectivity index (χ0v) is 16.6. The maximum Gasteiger partial charge on any atom is 0.328 e. The molecular weight excluding hydrogens is 397 g/mol. The molecule has 1 amide bonds. The van der Waals surface area contributed by atoms with E-state index in [0.717, 1.165) is 22.8 Å². The Hall–Kier alpha value is -4.19. The van der Waals surface area contributed by atoms with Crippen LogP contribution in [-0.2, 0) is 4.79 Å². The van der Waals surface area contributed by atoms with Crippen LogP contribution in [0.1, 0.15) is 15.9 Å². The summed E-state index contributed by atoms with van der Waals surface area (Å²) in [6.07, 6.45) is 2.60. The number of furan rings is 1. The van der Waals surface area contributed by atoms with Crippen molar-refractivity contribution in [2.75, 3.05) is 7.05 Å². The lowest BCUT2D eigenvalue weighted by Gasteiger charge is -2.04. The van der Waals surface area contributed by atoms with Crippen molar-refractivity contribution < 1.29 is 23.5 Å². The summed E-state index contributed by atoms with van der Waals surface area (Å²) in [5.74, 6) is -1.30. The number of amides is 1. The summed E-state index contributed by atoms with van der Waals surface area (Å²) < 4.78 is 19.3. The second-order valence-corrected chi connectivity index (χ2v) is 6.90. The molecule has 0 aliphatic heterocycles. The quantitative estimate of drug-likeness (QED) is 0.430. The zero-order valence-electron chi connectivity index (χ0n) is 16.6. The normalized spacial score (nSPS) is 11.2. The van der Waals surface area contributed by atoms with Crippen molar-refractivity contribution in [2.24, 2.45) is 0 Å². The highest BCUT2D eigenvalue weighted by Crippen LogP contribution is 2.36. The highest BCUT2D eigenvalue weighted by atomic mass is 19.1. The highest BCUT2D eigenvalue weighted by molar-refractivity contribution is 6.11. The predicted molar refractivity (Wildman–Crippen MR) is 117 cm³/mol. The molecule has 0 radical (unpaired) electrons. The summed E-state index contributed by atoms with van der Waals surface area (Å²) in [7, 11) is 1.54. The molecule has 0 bridgehead atoms. The van der Waals surface area contributed by atoms with Gasteiger partial charge in [0.2, 0.25) is 0 Å². The summed E-state index contributed by atoms with van der Waals surface area (Å²) in [4.78, 5) is 23.3. The number of carbonyl (C=O) groups excluding carboxylic acids is 1. The van der Waals surface area contributed by atoms with Crippen molar-refractivity contribution in [3.8, 4) is 22.5 Å². The molecule has 3 aromatic carbocycles. The minimum Gasteiger partial charge on any atom is -0.478 e. The van der Waals surface area contributed by atoms with Gasteiger partial charge in [-0.2, -0.15) is 0 Å². The molecule has 154 valence electrons. The van der Waals surface area contributed by atoms with Gasteiger partial charge in [-0.3, -0.25) is 4.79 Å². The largest absolute Gasteiger partial charge is 0.478 e. The fourth-order valence-electron chi connectivity index (χ4n) is 3.39. The summed E-state index contributed by atoms with van der Waals surface area (Å²) in [5, 5.41) is 12.0. The SMILES string of the molecule is CNC(=O)c1c(-c2ccc(F)cc2)oc2ccc(-c3ccc(C=CC(=O)O)cc3)cc12.